The van der Waals surface area contributed by atoms with Crippen LogP contribution in [0.1, 0.15) is 24.1 Å². The van der Waals surface area contributed by atoms with Gasteiger partial charge in [0.2, 0.25) is 0 Å². The van der Waals surface area contributed by atoms with Crippen molar-refractivity contribution in [3.8, 4) is 5.75 Å². The highest BCUT2D eigenvalue weighted by Crippen LogP contribution is 2.20. The minimum atomic E-state index is 0.280. The van der Waals surface area contributed by atoms with Gasteiger partial charge in [0.05, 0.1) is 7.11 Å². The van der Waals surface area contributed by atoms with Gasteiger partial charge in [0, 0.05) is 17.1 Å². The summed E-state index contributed by atoms with van der Waals surface area (Å²) in [7, 11) is 1.69. The van der Waals surface area contributed by atoms with Crippen molar-refractivity contribution in [3.63, 3.8) is 0 Å². The number of halogens is 1. The van der Waals surface area contributed by atoms with E-state index < -0.39 is 0 Å². The van der Waals surface area contributed by atoms with E-state index in [0.29, 0.717) is 0 Å². The van der Waals surface area contributed by atoms with E-state index in [1.165, 1.54) is 11.1 Å². The number of methoxy groups -OCH3 is 1. The molecule has 0 saturated heterocycles. The van der Waals surface area contributed by atoms with Gasteiger partial charge >= 0.3 is 0 Å². The highest BCUT2D eigenvalue weighted by atomic mass is 79.9. The summed E-state index contributed by atoms with van der Waals surface area (Å²) in [6.45, 7) is 2.99. The summed E-state index contributed by atoms with van der Waals surface area (Å²) >= 11 is 3.57. The summed E-state index contributed by atoms with van der Waals surface area (Å²) in [6.07, 6.45) is 0. The van der Waals surface area contributed by atoms with Gasteiger partial charge in [-0.15, -0.1) is 0 Å². The lowest BCUT2D eigenvalue weighted by Crippen LogP contribution is -2.18. The van der Waals surface area contributed by atoms with E-state index in [-0.39, 0.29) is 6.04 Å². The number of rotatable bonds is 5. The molecule has 0 radical (unpaired) electrons. The first-order valence-corrected chi connectivity index (χ1v) is 7.10. The molecule has 2 aromatic rings. The summed E-state index contributed by atoms with van der Waals surface area (Å²) in [5.74, 6) is 0.895. The number of ether oxygens (including phenoxy) is 1. The molecular formula is C16H18BrNO. The van der Waals surface area contributed by atoms with E-state index in [1.807, 2.05) is 18.2 Å². The van der Waals surface area contributed by atoms with Crippen molar-refractivity contribution in [2.45, 2.75) is 19.5 Å². The van der Waals surface area contributed by atoms with Crippen molar-refractivity contribution >= 4 is 15.9 Å². The quantitative estimate of drug-likeness (QED) is 0.886. The van der Waals surface area contributed by atoms with Crippen molar-refractivity contribution in [2.24, 2.45) is 0 Å². The largest absolute Gasteiger partial charge is 0.497 e. The molecule has 100 valence electrons. The Morgan fingerprint density at radius 3 is 2.68 bits per heavy atom. The maximum absolute atomic E-state index is 5.25. The van der Waals surface area contributed by atoms with Crippen molar-refractivity contribution in [2.75, 3.05) is 7.11 Å². The molecule has 0 aliphatic heterocycles. The monoisotopic (exact) mass is 319 g/mol. The van der Waals surface area contributed by atoms with Gasteiger partial charge in [-0.2, -0.15) is 0 Å². The third-order valence-electron chi connectivity index (χ3n) is 3.15. The van der Waals surface area contributed by atoms with Gasteiger partial charge in [-0.05, 0) is 36.2 Å². The molecule has 1 unspecified atom stereocenters. The molecule has 0 saturated carbocycles. The number of nitrogens with one attached hydrogen (secondary N) is 1. The van der Waals surface area contributed by atoms with Gasteiger partial charge in [-0.1, -0.05) is 46.3 Å². The smallest absolute Gasteiger partial charge is 0.119 e. The second-order valence-electron chi connectivity index (χ2n) is 4.47. The number of hydrogen-bond donors (Lipinski definition) is 1. The summed E-state index contributed by atoms with van der Waals surface area (Å²) in [4.78, 5) is 0. The Kier molecular flexibility index (Phi) is 5.00. The normalized spacial score (nSPS) is 12.2. The van der Waals surface area contributed by atoms with Crippen molar-refractivity contribution in [3.05, 3.63) is 64.1 Å². The fraction of sp³-hybridized carbons (Fsp3) is 0.250. The molecular weight excluding hydrogens is 302 g/mol. The van der Waals surface area contributed by atoms with E-state index in [0.717, 1.165) is 16.8 Å². The Morgan fingerprint density at radius 1 is 1.16 bits per heavy atom. The molecule has 1 atom stereocenters. The first kappa shape index (κ1) is 14.1. The molecule has 0 bridgehead atoms. The number of hydrogen-bond acceptors (Lipinski definition) is 2. The molecule has 2 nitrogen and oxygen atoms in total. The lowest BCUT2D eigenvalue weighted by atomic mass is 10.1. The van der Waals surface area contributed by atoms with Gasteiger partial charge < -0.3 is 10.1 Å². The van der Waals surface area contributed by atoms with Crippen LogP contribution in [0.5, 0.6) is 5.75 Å². The van der Waals surface area contributed by atoms with Gasteiger partial charge in [0.25, 0.3) is 0 Å². The molecule has 2 aromatic carbocycles. The summed E-state index contributed by atoms with van der Waals surface area (Å²) < 4.78 is 6.39. The Morgan fingerprint density at radius 2 is 1.95 bits per heavy atom. The van der Waals surface area contributed by atoms with Crippen LogP contribution < -0.4 is 10.1 Å². The predicted molar refractivity (Wildman–Crippen MR) is 82.4 cm³/mol. The third kappa shape index (κ3) is 3.82. The maximum atomic E-state index is 5.25. The molecule has 0 fully saturated rings. The highest BCUT2D eigenvalue weighted by molar-refractivity contribution is 9.10. The van der Waals surface area contributed by atoms with E-state index in [4.69, 9.17) is 4.74 Å². The minimum absolute atomic E-state index is 0.280. The molecule has 0 spiro atoms. The lowest BCUT2D eigenvalue weighted by molar-refractivity contribution is 0.413. The Hall–Kier alpha value is -1.32. The van der Waals surface area contributed by atoms with Crippen LogP contribution in [0.2, 0.25) is 0 Å². The van der Waals surface area contributed by atoms with Crippen LogP contribution >= 0.6 is 15.9 Å². The fourth-order valence-corrected chi connectivity index (χ4v) is 2.36. The van der Waals surface area contributed by atoms with Gasteiger partial charge in [-0.25, -0.2) is 0 Å². The molecule has 1 N–H and O–H groups in total. The first-order valence-electron chi connectivity index (χ1n) is 6.31. The summed E-state index contributed by atoms with van der Waals surface area (Å²) in [5.41, 5.74) is 2.49. The first-order chi connectivity index (χ1) is 9.20. The minimum Gasteiger partial charge on any atom is -0.497 e. The second kappa shape index (κ2) is 6.73. The molecule has 3 heteroatoms. The predicted octanol–water partition coefficient (Wildman–Crippen LogP) is 4.31. The van der Waals surface area contributed by atoms with E-state index in [9.17, 15) is 0 Å². The fourth-order valence-electron chi connectivity index (χ4n) is 1.93. The Bertz CT molecular complexity index is 542. The zero-order chi connectivity index (χ0) is 13.7. The van der Waals surface area contributed by atoms with Crippen LogP contribution in [-0.2, 0) is 6.54 Å². The topological polar surface area (TPSA) is 21.3 Å². The average Bonchev–Trinajstić information content (AvgIpc) is 2.46. The zero-order valence-corrected chi connectivity index (χ0v) is 12.8. The van der Waals surface area contributed by atoms with Crippen LogP contribution in [-0.4, -0.2) is 7.11 Å². The zero-order valence-electron chi connectivity index (χ0n) is 11.2. The third-order valence-corrected chi connectivity index (χ3v) is 3.92. The Labute approximate surface area is 122 Å². The Balaban J connectivity index is 2.01. The number of benzene rings is 2. The molecule has 2 rings (SSSR count). The van der Waals surface area contributed by atoms with Gasteiger partial charge in [-0.3, -0.25) is 0 Å². The van der Waals surface area contributed by atoms with E-state index in [1.54, 1.807) is 7.11 Å². The van der Waals surface area contributed by atoms with E-state index in [2.05, 4.69) is 58.5 Å². The maximum Gasteiger partial charge on any atom is 0.119 e. The molecule has 0 aliphatic carbocycles. The van der Waals surface area contributed by atoms with Gasteiger partial charge in [0.1, 0.15) is 5.75 Å². The standard InChI is InChI=1S/C16H18BrNO/c1-12(13-7-5-8-15(10-13)19-2)18-11-14-6-3-4-9-16(14)17/h3-10,12,18H,11H2,1-2H3. The van der Waals surface area contributed by atoms with Gasteiger partial charge in [0.15, 0.2) is 0 Å². The van der Waals surface area contributed by atoms with Crippen LogP contribution in [0.3, 0.4) is 0 Å². The molecule has 19 heavy (non-hydrogen) atoms. The molecule has 0 aromatic heterocycles. The summed E-state index contributed by atoms with van der Waals surface area (Å²) in [6, 6.07) is 16.7. The van der Waals surface area contributed by atoms with Crippen LogP contribution in [0.15, 0.2) is 53.0 Å². The van der Waals surface area contributed by atoms with Crippen LogP contribution in [0.4, 0.5) is 0 Å². The molecule has 0 heterocycles. The second-order valence-corrected chi connectivity index (χ2v) is 5.32. The van der Waals surface area contributed by atoms with Crippen molar-refractivity contribution in [1.29, 1.82) is 0 Å². The molecule has 0 aliphatic rings. The van der Waals surface area contributed by atoms with Crippen molar-refractivity contribution in [1.82, 2.24) is 5.32 Å². The summed E-state index contributed by atoms with van der Waals surface area (Å²) in [5, 5.41) is 3.52. The molecule has 0 amide bonds. The van der Waals surface area contributed by atoms with Crippen LogP contribution in [0, 0.1) is 0 Å². The average molecular weight is 320 g/mol. The van der Waals surface area contributed by atoms with Crippen molar-refractivity contribution < 1.29 is 4.74 Å². The van der Waals surface area contributed by atoms with E-state index >= 15 is 0 Å². The van der Waals surface area contributed by atoms with Crippen LogP contribution in [0.25, 0.3) is 0 Å². The SMILES string of the molecule is COc1cccc(C(C)NCc2ccccc2Br)c1. The lowest BCUT2D eigenvalue weighted by Gasteiger charge is -2.15. The highest BCUT2D eigenvalue weighted by Gasteiger charge is 2.06.